The van der Waals surface area contributed by atoms with E-state index in [0.717, 1.165) is 27.1 Å². The molecule has 0 amide bonds. The first kappa shape index (κ1) is 25.5. The molecule has 0 fully saturated rings. The van der Waals surface area contributed by atoms with Crippen molar-refractivity contribution >= 4 is 0 Å². The third kappa shape index (κ3) is 10.9. The summed E-state index contributed by atoms with van der Waals surface area (Å²) < 4.78 is 0. The van der Waals surface area contributed by atoms with Crippen molar-refractivity contribution in [2.75, 3.05) is 14.2 Å². The van der Waals surface area contributed by atoms with Gasteiger partial charge in [-0.1, -0.05) is 40.5 Å². The van der Waals surface area contributed by atoms with Crippen LogP contribution in [0.3, 0.4) is 0 Å². The number of hydrogen-bond acceptors (Lipinski definition) is 2. The van der Waals surface area contributed by atoms with E-state index in [1.54, 1.807) is 0 Å². The van der Waals surface area contributed by atoms with Crippen LogP contribution in [0.1, 0.15) is 54.4 Å². The summed E-state index contributed by atoms with van der Waals surface area (Å²) in [4.78, 5) is 0. The molecule has 2 aliphatic rings. The van der Waals surface area contributed by atoms with Crippen molar-refractivity contribution in [1.29, 1.82) is 0 Å². The van der Waals surface area contributed by atoms with E-state index in [1.165, 1.54) is 33.4 Å². The molecule has 0 unspecified atom stereocenters. The van der Waals surface area contributed by atoms with Gasteiger partial charge in [-0.05, 0) is 0 Å². The molecule has 0 saturated heterocycles. The maximum absolute atomic E-state index is 8.25. The van der Waals surface area contributed by atoms with Gasteiger partial charge in [0.15, 0.2) is 0 Å². The molecule has 2 rings (SSSR count). The molecule has 116 valence electrons. The number of hydrogen-bond donors (Lipinski definition) is 0. The molecular formula is C18H28O2Ti. The molecule has 0 aliphatic heterocycles. The van der Waals surface area contributed by atoms with E-state index in [0.29, 0.717) is 0 Å². The van der Waals surface area contributed by atoms with Crippen molar-refractivity contribution in [2.45, 2.75) is 54.4 Å². The quantitative estimate of drug-likeness (QED) is 0.508. The van der Waals surface area contributed by atoms with Gasteiger partial charge in [0.25, 0.3) is 0 Å². The van der Waals surface area contributed by atoms with Gasteiger partial charge < -0.3 is 10.2 Å². The zero-order valence-electron chi connectivity index (χ0n) is 14.7. The van der Waals surface area contributed by atoms with Crippen molar-refractivity contribution in [3.8, 4) is 0 Å². The average Bonchev–Trinajstić information content (AvgIpc) is 2.87. The molecule has 0 heterocycles. The Morgan fingerprint density at radius 1 is 0.619 bits per heavy atom. The van der Waals surface area contributed by atoms with Gasteiger partial charge >= 0.3 is 21.7 Å². The van der Waals surface area contributed by atoms with Crippen molar-refractivity contribution in [3.63, 3.8) is 0 Å². The fourth-order valence-corrected chi connectivity index (χ4v) is 2.00. The van der Waals surface area contributed by atoms with E-state index in [2.05, 4.69) is 53.7 Å². The van der Waals surface area contributed by atoms with Crippen LogP contribution in [0.5, 0.6) is 0 Å². The van der Waals surface area contributed by atoms with Crippen LogP contribution >= 0.6 is 0 Å². The van der Waals surface area contributed by atoms with Crippen molar-refractivity contribution in [1.82, 2.24) is 0 Å². The number of allylic oxidation sites excluding steroid dienone is 8. The van der Waals surface area contributed by atoms with Crippen LogP contribution in [-0.4, -0.2) is 14.2 Å². The summed E-state index contributed by atoms with van der Waals surface area (Å²) in [7, 11) is 1.50. The Morgan fingerprint density at radius 2 is 0.857 bits per heavy atom. The minimum Gasteiger partial charge on any atom is -0.857 e. The van der Waals surface area contributed by atoms with Gasteiger partial charge in [0.05, 0.1) is 0 Å². The predicted molar refractivity (Wildman–Crippen MR) is 82.7 cm³/mol. The van der Waals surface area contributed by atoms with Gasteiger partial charge in [-0.3, -0.25) is 0 Å². The Balaban J connectivity index is -0.000000240. The molecule has 0 saturated carbocycles. The maximum atomic E-state index is 8.25. The number of rotatable bonds is 0. The summed E-state index contributed by atoms with van der Waals surface area (Å²) in [6.45, 7) is 12.8. The molecule has 21 heavy (non-hydrogen) atoms. The Labute approximate surface area is 146 Å². The topological polar surface area (TPSA) is 46.1 Å². The van der Waals surface area contributed by atoms with Gasteiger partial charge in [0.1, 0.15) is 0 Å². The van der Waals surface area contributed by atoms with E-state index in [9.17, 15) is 0 Å². The zero-order chi connectivity index (χ0) is 16.3. The SMILES string of the molecule is CC1=[C-]C(C)=C(C)C1.CC1=[C-]C(C)=C(C)C1.C[O-].C[O-].[Ti+4]. The summed E-state index contributed by atoms with van der Waals surface area (Å²) in [5.74, 6) is 0. The van der Waals surface area contributed by atoms with Crippen LogP contribution in [0.15, 0.2) is 33.4 Å². The predicted octanol–water partition coefficient (Wildman–Crippen LogP) is 2.90. The molecule has 2 aliphatic carbocycles. The van der Waals surface area contributed by atoms with Crippen LogP contribution in [0.25, 0.3) is 0 Å². The molecule has 0 N–H and O–H groups in total. The second kappa shape index (κ2) is 14.5. The van der Waals surface area contributed by atoms with Crippen LogP contribution in [-0.2, 0) is 21.7 Å². The van der Waals surface area contributed by atoms with Crippen LogP contribution in [0.2, 0.25) is 0 Å². The third-order valence-corrected chi connectivity index (χ3v) is 3.14. The third-order valence-electron chi connectivity index (χ3n) is 3.14. The summed E-state index contributed by atoms with van der Waals surface area (Å²) >= 11 is 0. The normalized spacial score (nSPS) is 15.5. The fraction of sp³-hybridized carbons (Fsp3) is 0.556. The minimum atomic E-state index is 0. The smallest absolute Gasteiger partial charge is 0.857 e. The van der Waals surface area contributed by atoms with E-state index >= 15 is 0 Å². The molecule has 3 heteroatoms. The van der Waals surface area contributed by atoms with Gasteiger partial charge in [0.2, 0.25) is 0 Å². The van der Waals surface area contributed by atoms with Gasteiger partial charge in [0, 0.05) is 0 Å². The Morgan fingerprint density at radius 3 is 0.905 bits per heavy atom. The molecule has 0 aromatic heterocycles. The fourth-order valence-electron chi connectivity index (χ4n) is 2.00. The second-order valence-corrected chi connectivity index (χ2v) is 4.97. The first-order valence-electron chi connectivity index (χ1n) is 6.73. The van der Waals surface area contributed by atoms with E-state index in [1.807, 2.05) is 0 Å². The van der Waals surface area contributed by atoms with Gasteiger partial charge in [-0.15, -0.1) is 13.8 Å². The first-order chi connectivity index (χ1) is 9.40. The standard InChI is InChI=1S/2C8H11.2CH3O.Ti/c2*1-6-4-7(2)8(3)5-6;2*1-2;/h2*4H2,1-3H3;2*1H3;/q4*-1;+4. The first-order valence-corrected chi connectivity index (χ1v) is 6.73. The van der Waals surface area contributed by atoms with Crippen molar-refractivity contribution < 1.29 is 31.9 Å². The largest absolute Gasteiger partial charge is 4.00 e. The summed E-state index contributed by atoms with van der Waals surface area (Å²) in [5.41, 5.74) is 8.37. The van der Waals surface area contributed by atoms with Crippen molar-refractivity contribution in [3.05, 3.63) is 45.6 Å². The van der Waals surface area contributed by atoms with Crippen molar-refractivity contribution in [2.24, 2.45) is 0 Å². The molecule has 0 aromatic rings. The second-order valence-electron chi connectivity index (χ2n) is 4.97. The maximum Gasteiger partial charge on any atom is 4.00 e. The van der Waals surface area contributed by atoms with E-state index in [-0.39, 0.29) is 21.7 Å². The Bertz CT molecular complexity index is 373. The van der Waals surface area contributed by atoms with E-state index in [4.69, 9.17) is 10.2 Å². The van der Waals surface area contributed by atoms with Gasteiger partial charge in [-0.25, -0.2) is 34.4 Å². The molecule has 2 nitrogen and oxygen atoms in total. The van der Waals surface area contributed by atoms with Crippen LogP contribution in [0, 0.1) is 12.2 Å². The Hall–Kier alpha value is -0.406. The molecule has 0 spiro atoms. The summed E-state index contributed by atoms with van der Waals surface area (Å²) in [5, 5.41) is 16.5. The average molecular weight is 324 g/mol. The monoisotopic (exact) mass is 324 g/mol. The molecular weight excluding hydrogens is 296 g/mol. The molecule has 0 radical (unpaired) electrons. The molecule has 0 atom stereocenters. The summed E-state index contributed by atoms with van der Waals surface area (Å²) in [6.07, 6.45) is 8.81. The Kier molecular flexibility index (Phi) is 17.7. The van der Waals surface area contributed by atoms with Crippen LogP contribution < -0.4 is 10.2 Å². The summed E-state index contributed by atoms with van der Waals surface area (Å²) in [6, 6.07) is 0. The molecule has 0 aromatic carbocycles. The zero-order valence-corrected chi connectivity index (χ0v) is 16.3. The molecule has 0 bridgehead atoms. The minimum absolute atomic E-state index is 0. The van der Waals surface area contributed by atoms with E-state index < -0.39 is 0 Å². The van der Waals surface area contributed by atoms with Gasteiger partial charge in [-0.2, -0.15) is 25.4 Å². The van der Waals surface area contributed by atoms with Crippen LogP contribution in [0.4, 0.5) is 0 Å².